The van der Waals surface area contributed by atoms with Crippen LogP contribution in [0.2, 0.25) is 0 Å². The molecule has 1 fully saturated rings. The smallest absolute Gasteiger partial charge is 0.165 e. The Morgan fingerprint density at radius 3 is 2.30 bits per heavy atom. The number of rotatable bonds is 5. The summed E-state index contributed by atoms with van der Waals surface area (Å²) in [6.45, 7) is 2.10. The molecule has 0 unspecified atom stereocenters. The molecule has 1 saturated carbocycles. The van der Waals surface area contributed by atoms with E-state index in [4.69, 9.17) is 0 Å². The molecule has 0 atom stereocenters. The van der Waals surface area contributed by atoms with E-state index < -0.39 is 0 Å². The van der Waals surface area contributed by atoms with Gasteiger partial charge in [0.1, 0.15) is 0 Å². The van der Waals surface area contributed by atoms with E-state index in [-0.39, 0.29) is 0 Å². The molecule has 0 spiro atoms. The Morgan fingerprint density at radius 1 is 1.05 bits per heavy atom. The largest absolute Gasteiger partial charge is 0.294 e. The molecule has 0 heterocycles. The second kappa shape index (κ2) is 5.84. The first-order chi connectivity index (χ1) is 9.72. The zero-order valence-corrected chi connectivity index (χ0v) is 12.5. The lowest BCUT2D eigenvalue weighted by Crippen LogP contribution is -2.00. The number of carbonyl (C=O) groups excluding carboxylic acids is 1. The van der Waals surface area contributed by atoms with Crippen LogP contribution in [-0.2, 0) is 5.75 Å². The fraction of sp³-hybridized carbons (Fsp3) is 0.278. The Labute approximate surface area is 124 Å². The molecule has 0 amide bonds. The molecule has 0 aliphatic heterocycles. The van der Waals surface area contributed by atoms with Gasteiger partial charge in [0.25, 0.3) is 0 Å². The van der Waals surface area contributed by atoms with Gasteiger partial charge in [-0.15, -0.1) is 11.8 Å². The zero-order valence-electron chi connectivity index (χ0n) is 11.6. The highest BCUT2D eigenvalue weighted by molar-refractivity contribution is 7.98. The molecule has 0 radical (unpaired) electrons. The van der Waals surface area contributed by atoms with Crippen molar-refractivity contribution in [3.05, 3.63) is 65.2 Å². The molecule has 0 bridgehead atoms. The van der Waals surface area contributed by atoms with E-state index in [1.54, 1.807) is 0 Å². The van der Waals surface area contributed by atoms with E-state index in [0.717, 1.165) is 24.2 Å². The molecule has 1 aliphatic carbocycles. The third kappa shape index (κ3) is 3.31. The minimum atomic E-state index is 0.307. The van der Waals surface area contributed by atoms with Gasteiger partial charge < -0.3 is 0 Å². The molecule has 20 heavy (non-hydrogen) atoms. The van der Waals surface area contributed by atoms with Crippen molar-refractivity contribution in [2.75, 3.05) is 0 Å². The van der Waals surface area contributed by atoms with Gasteiger partial charge in [0.15, 0.2) is 5.78 Å². The van der Waals surface area contributed by atoms with E-state index in [1.807, 2.05) is 23.9 Å². The number of hydrogen-bond donors (Lipinski definition) is 0. The first-order valence-corrected chi connectivity index (χ1v) is 8.03. The predicted octanol–water partition coefficient (Wildman–Crippen LogP) is 4.88. The van der Waals surface area contributed by atoms with Crippen LogP contribution in [0.25, 0.3) is 0 Å². The van der Waals surface area contributed by atoms with Crippen molar-refractivity contribution in [3.8, 4) is 0 Å². The molecule has 0 saturated heterocycles. The molecule has 1 nitrogen and oxygen atoms in total. The number of aryl methyl sites for hydroxylation is 1. The fourth-order valence-corrected chi connectivity index (χ4v) is 3.00. The second-order valence-corrected chi connectivity index (χ2v) is 6.49. The Balaban J connectivity index is 1.60. The molecule has 2 aromatic carbocycles. The van der Waals surface area contributed by atoms with Gasteiger partial charge in [0, 0.05) is 22.1 Å². The summed E-state index contributed by atoms with van der Waals surface area (Å²) in [5.41, 5.74) is 3.49. The fourth-order valence-electron chi connectivity index (χ4n) is 2.15. The van der Waals surface area contributed by atoms with Gasteiger partial charge in [-0.3, -0.25) is 4.79 Å². The van der Waals surface area contributed by atoms with Crippen molar-refractivity contribution >= 4 is 17.5 Å². The summed E-state index contributed by atoms with van der Waals surface area (Å²) in [4.78, 5) is 13.1. The van der Waals surface area contributed by atoms with E-state index in [9.17, 15) is 4.79 Å². The van der Waals surface area contributed by atoms with Crippen LogP contribution in [0, 0.1) is 12.8 Å². The van der Waals surface area contributed by atoms with Gasteiger partial charge in [0.05, 0.1) is 0 Å². The number of hydrogen-bond acceptors (Lipinski definition) is 2. The second-order valence-electron chi connectivity index (χ2n) is 5.44. The van der Waals surface area contributed by atoms with Crippen molar-refractivity contribution in [2.24, 2.45) is 5.92 Å². The molecule has 1 aliphatic rings. The average Bonchev–Trinajstić information content (AvgIpc) is 3.31. The lowest BCUT2D eigenvalue weighted by atomic mass is 10.1. The summed E-state index contributed by atoms with van der Waals surface area (Å²) < 4.78 is 0. The number of Topliss-reactive ketones (excluding diaryl/α,β-unsaturated/α-hetero) is 1. The first-order valence-electron chi connectivity index (χ1n) is 7.05. The van der Waals surface area contributed by atoms with Crippen molar-refractivity contribution in [3.63, 3.8) is 0 Å². The van der Waals surface area contributed by atoms with Crippen LogP contribution in [0.15, 0.2) is 53.4 Å². The number of benzene rings is 2. The Morgan fingerprint density at radius 2 is 1.70 bits per heavy atom. The lowest BCUT2D eigenvalue weighted by molar-refractivity contribution is 0.0967. The van der Waals surface area contributed by atoms with Crippen LogP contribution in [-0.4, -0.2) is 5.78 Å². The highest BCUT2D eigenvalue weighted by Gasteiger charge is 2.30. The maximum atomic E-state index is 11.9. The standard InChI is InChI=1S/C18H18OS/c1-13-2-4-14(5-3-13)12-20-17-10-8-16(9-11-17)18(19)15-6-7-15/h2-5,8-11,15H,6-7,12H2,1H3. The van der Waals surface area contributed by atoms with Crippen LogP contribution in [0.3, 0.4) is 0 Å². The number of thioether (sulfide) groups is 1. The lowest BCUT2D eigenvalue weighted by Gasteiger charge is -2.04. The maximum Gasteiger partial charge on any atom is 0.165 e. The van der Waals surface area contributed by atoms with Gasteiger partial charge in [-0.25, -0.2) is 0 Å². The third-order valence-corrected chi connectivity index (χ3v) is 4.70. The van der Waals surface area contributed by atoms with Crippen molar-refractivity contribution in [2.45, 2.75) is 30.4 Å². The van der Waals surface area contributed by atoms with Gasteiger partial charge in [-0.1, -0.05) is 42.0 Å². The minimum Gasteiger partial charge on any atom is -0.294 e. The van der Waals surface area contributed by atoms with E-state index >= 15 is 0 Å². The maximum absolute atomic E-state index is 11.9. The molecule has 2 heteroatoms. The predicted molar refractivity (Wildman–Crippen MR) is 84.2 cm³/mol. The van der Waals surface area contributed by atoms with Gasteiger partial charge in [0.2, 0.25) is 0 Å². The molecule has 0 N–H and O–H groups in total. The van der Waals surface area contributed by atoms with Crippen LogP contribution >= 0.6 is 11.8 Å². The normalized spacial score (nSPS) is 14.2. The Hall–Kier alpha value is -1.54. The van der Waals surface area contributed by atoms with Crippen LogP contribution in [0.1, 0.15) is 34.3 Å². The van der Waals surface area contributed by atoms with Crippen molar-refractivity contribution < 1.29 is 4.79 Å². The summed E-state index contributed by atoms with van der Waals surface area (Å²) in [7, 11) is 0. The molecule has 2 aromatic rings. The summed E-state index contributed by atoms with van der Waals surface area (Å²) in [6, 6.07) is 16.7. The summed E-state index contributed by atoms with van der Waals surface area (Å²) >= 11 is 1.81. The number of carbonyl (C=O) groups is 1. The third-order valence-electron chi connectivity index (χ3n) is 3.61. The number of ketones is 1. The topological polar surface area (TPSA) is 17.1 Å². The Bertz CT molecular complexity index is 594. The molecule has 3 rings (SSSR count). The van der Waals surface area contributed by atoms with E-state index in [1.165, 1.54) is 16.0 Å². The molecular formula is C18H18OS. The SMILES string of the molecule is Cc1ccc(CSc2ccc(C(=O)C3CC3)cc2)cc1. The van der Waals surface area contributed by atoms with Crippen LogP contribution in [0.5, 0.6) is 0 Å². The van der Waals surface area contributed by atoms with Crippen molar-refractivity contribution in [1.29, 1.82) is 0 Å². The first kappa shape index (κ1) is 13.4. The highest BCUT2D eigenvalue weighted by atomic mass is 32.2. The molecular weight excluding hydrogens is 264 g/mol. The van der Waals surface area contributed by atoms with Crippen LogP contribution < -0.4 is 0 Å². The quantitative estimate of drug-likeness (QED) is 0.574. The minimum absolute atomic E-state index is 0.307. The van der Waals surface area contributed by atoms with Crippen molar-refractivity contribution in [1.82, 2.24) is 0 Å². The van der Waals surface area contributed by atoms with Gasteiger partial charge >= 0.3 is 0 Å². The zero-order chi connectivity index (χ0) is 13.9. The van der Waals surface area contributed by atoms with E-state index in [2.05, 4.69) is 43.3 Å². The van der Waals surface area contributed by atoms with Crippen LogP contribution in [0.4, 0.5) is 0 Å². The summed E-state index contributed by atoms with van der Waals surface area (Å²) in [5, 5.41) is 0. The monoisotopic (exact) mass is 282 g/mol. The summed E-state index contributed by atoms with van der Waals surface area (Å²) in [6.07, 6.45) is 2.14. The summed E-state index contributed by atoms with van der Waals surface area (Å²) in [5.74, 6) is 1.59. The molecule has 0 aromatic heterocycles. The average molecular weight is 282 g/mol. The van der Waals surface area contributed by atoms with Gasteiger partial charge in [-0.05, 0) is 37.5 Å². The Kier molecular flexibility index (Phi) is 3.93. The van der Waals surface area contributed by atoms with E-state index in [0.29, 0.717) is 11.7 Å². The van der Waals surface area contributed by atoms with Gasteiger partial charge in [-0.2, -0.15) is 0 Å². The highest BCUT2D eigenvalue weighted by Crippen LogP contribution is 2.33. The molecule has 102 valence electrons.